The second-order valence-corrected chi connectivity index (χ2v) is 4.45. The van der Waals surface area contributed by atoms with Crippen molar-refractivity contribution in [1.82, 2.24) is 5.32 Å². The molecule has 17 heavy (non-hydrogen) atoms. The fourth-order valence-electron chi connectivity index (χ4n) is 1.55. The summed E-state index contributed by atoms with van der Waals surface area (Å²) in [5, 5.41) is 12.5. The Morgan fingerprint density at radius 1 is 1.53 bits per heavy atom. The minimum absolute atomic E-state index is 0.0232. The number of amides is 1. The highest BCUT2D eigenvalue weighted by Crippen LogP contribution is 2.15. The molecule has 0 saturated carbocycles. The third-order valence-corrected chi connectivity index (χ3v) is 3.25. The van der Waals surface area contributed by atoms with Gasteiger partial charge in [-0.2, -0.15) is 0 Å². The highest BCUT2D eigenvalue weighted by atomic mass is 16.4. The summed E-state index contributed by atoms with van der Waals surface area (Å²) < 4.78 is 5.06. The van der Waals surface area contributed by atoms with Crippen molar-refractivity contribution in [1.29, 1.82) is 0 Å². The van der Waals surface area contributed by atoms with Crippen molar-refractivity contribution in [3.8, 4) is 0 Å². The Hall–Kier alpha value is -1.29. The van der Waals surface area contributed by atoms with Crippen LogP contribution in [0.5, 0.6) is 0 Å². The number of aliphatic hydroxyl groups excluding tert-OH is 1. The molecule has 1 aromatic rings. The molecule has 0 radical (unpaired) electrons. The van der Waals surface area contributed by atoms with Crippen LogP contribution in [-0.4, -0.2) is 17.6 Å². The third-order valence-electron chi connectivity index (χ3n) is 3.25. The minimum atomic E-state index is -0.780. The van der Waals surface area contributed by atoms with E-state index in [9.17, 15) is 9.90 Å². The van der Waals surface area contributed by atoms with Gasteiger partial charge in [-0.05, 0) is 18.1 Å². The van der Waals surface area contributed by atoms with Crippen molar-refractivity contribution in [2.45, 2.75) is 33.3 Å². The number of hydrogen-bond acceptors (Lipinski definition) is 3. The van der Waals surface area contributed by atoms with Crippen LogP contribution < -0.4 is 5.32 Å². The van der Waals surface area contributed by atoms with Crippen LogP contribution in [0, 0.1) is 11.8 Å². The topological polar surface area (TPSA) is 62.5 Å². The van der Waals surface area contributed by atoms with Crippen molar-refractivity contribution in [2.75, 3.05) is 6.54 Å². The summed E-state index contributed by atoms with van der Waals surface area (Å²) in [6.07, 6.45) is 1.69. The summed E-state index contributed by atoms with van der Waals surface area (Å²) in [4.78, 5) is 11.8. The highest BCUT2D eigenvalue weighted by Gasteiger charge is 2.20. The lowest BCUT2D eigenvalue weighted by Gasteiger charge is -2.18. The lowest BCUT2D eigenvalue weighted by Crippen LogP contribution is -2.35. The van der Waals surface area contributed by atoms with Gasteiger partial charge in [0.05, 0.1) is 12.8 Å². The van der Waals surface area contributed by atoms with Crippen LogP contribution in [0.15, 0.2) is 22.8 Å². The predicted molar refractivity (Wildman–Crippen MR) is 65.3 cm³/mol. The molecule has 0 aliphatic heterocycles. The van der Waals surface area contributed by atoms with Gasteiger partial charge in [0.25, 0.3) is 0 Å². The van der Waals surface area contributed by atoms with Crippen LogP contribution in [0.1, 0.15) is 39.1 Å². The molecular weight excluding hydrogens is 218 g/mol. The SMILES string of the molecule is CCC(C)C(C)C(=O)NCC(O)c1ccco1. The first kappa shape index (κ1) is 13.8. The number of carbonyl (C=O) groups excluding carboxylic acids is 1. The summed E-state index contributed by atoms with van der Waals surface area (Å²) in [5.74, 6) is 0.756. The first-order valence-electron chi connectivity index (χ1n) is 6.05. The molecule has 0 spiro atoms. The summed E-state index contributed by atoms with van der Waals surface area (Å²) >= 11 is 0. The Kier molecular flexibility index (Phi) is 5.22. The second-order valence-electron chi connectivity index (χ2n) is 4.45. The van der Waals surface area contributed by atoms with Crippen LogP contribution in [0.4, 0.5) is 0 Å². The predicted octanol–water partition coefficient (Wildman–Crippen LogP) is 2.11. The van der Waals surface area contributed by atoms with Gasteiger partial charge in [-0.3, -0.25) is 4.79 Å². The average Bonchev–Trinajstić information content (AvgIpc) is 2.87. The van der Waals surface area contributed by atoms with Crippen LogP contribution in [0.3, 0.4) is 0 Å². The van der Waals surface area contributed by atoms with E-state index in [1.54, 1.807) is 12.1 Å². The summed E-state index contributed by atoms with van der Waals surface area (Å²) in [6, 6.07) is 3.40. The molecule has 1 amide bonds. The van der Waals surface area contributed by atoms with Gasteiger partial charge in [0, 0.05) is 5.92 Å². The molecule has 0 aliphatic carbocycles. The van der Waals surface area contributed by atoms with Gasteiger partial charge in [0.2, 0.25) is 5.91 Å². The molecule has 0 bridgehead atoms. The van der Waals surface area contributed by atoms with E-state index in [1.807, 2.05) is 13.8 Å². The van der Waals surface area contributed by atoms with Crippen LogP contribution in [0.2, 0.25) is 0 Å². The Bertz CT molecular complexity index is 334. The minimum Gasteiger partial charge on any atom is -0.467 e. The quantitative estimate of drug-likeness (QED) is 0.799. The van der Waals surface area contributed by atoms with E-state index in [1.165, 1.54) is 6.26 Å². The van der Waals surface area contributed by atoms with E-state index in [4.69, 9.17) is 4.42 Å². The number of nitrogens with one attached hydrogen (secondary N) is 1. The molecule has 1 rings (SSSR count). The molecule has 4 heteroatoms. The summed E-state index contributed by atoms with van der Waals surface area (Å²) in [5.41, 5.74) is 0. The molecule has 1 heterocycles. The van der Waals surface area contributed by atoms with Crippen LogP contribution in [-0.2, 0) is 4.79 Å². The van der Waals surface area contributed by atoms with Crippen molar-refractivity contribution in [2.24, 2.45) is 11.8 Å². The zero-order valence-corrected chi connectivity index (χ0v) is 10.6. The number of furan rings is 1. The lowest BCUT2D eigenvalue weighted by molar-refractivity contribution is -0.126. The molecule has 1 aromatic heterocycles. The van der Waals surface area contributed by atoms with Gasteiger partial charge in [0.1, 0.15) is 11.9 Å². The summed E-state index contributed by atoms with van der Waals surface area (Å²) in [6.45, 7) is 6.20. The van der Waals surface area contributed by atoms with Crippen molar-refractivity contribution in [3.05, 3.63) is 24.2 Å². The number of aliphatic hydroxyl groups is 1. The highest BCUT2D eigenvalue weighted by molar-refractivity contribution is 5.78. The molecule has 0 fully saturated rings. The molecular formula is C13H21NO3. The molecule has 3 unspecified atom stereocenters. The smallest absolute Gasteiger partial charge is 0.223 e. The number of hydrogen-bond donors (Lipinski definition) is 2. The molecule has 0 saturated heterocycles. The lowest BCUT2D eigenvalue weighted by atomic mass is 9.93. The fourth-order valence-corrected chi connectivity index (χ4v) is 1.55. The first-order chi connectivity index (χ1) is 8.06. The van der Waals surface area contributed by atoms with Gasteiger partial charge < -0.3 is 14.8 Å². The Labute approximate surface area is 102 Å². The normalized spacial score (nSPS) is 16.2. The summed E-state index contributed by atoms with van der Waals surface area (Å²) in [7, 11) is 0. The Morgan fingerprint density at radius 3 is 2.76 bits per heavy atom. The third kappa shape index (κ3) is 3.89. The monoisotopic (exact) mass is 239 g/mol. The standard InChI is InChI=1S/C13H21NO3/c1-4-9(2)10(3)13(16)14-8-11(15)12-6-5-7-17-12/h5-7,9-11,15H,4,8H2,1-3H3,(H,14,16). The van der Waals surface area contributed by atoms with E-state index < -0.39 is 6.10 Å². The number of carbonyl (C=O) groups is 1. The van der Waals surface area contributed by atoms with Crippen LogP contribution >= 0.6 is 0 Å². The molecule has 0 aromatic carbocycles. The van der Waals surface area contributed by atoms with E-state index in [2.05, 4.69) is 12.2 Å². The maximum absolute atomic E-state index is 11.8. The van der Waals surface area contributed by atoms with E-state index >= 15 is 0 Å². The molecule has 2 N–H and O–H groups in total. The molecule has 3 atom stereocenters. The van der Waals surface area contributed by atoms with Gasteiger partial charge in [0.15, 0.2) is 0 Å². The van der Waals surface area contributed by atoms with Crippen molar-refractivity contribution in [3.63, 3.8) is 0 Å². The Balaban J connectivity index is 2.38. The van der Waals surface area contributed by atoms with Crippen LogP contribution in [0.25, 0.3) is 0 Å². The maximum Gasteiger partial charge on any atom is 0.223 e. The second kappa shape index (κ2) is 6.45. The van der Waals surface area contributed by atoms with Gasteiger partial charge in [-0.25, -0.2) is 0 Å². The Morgan fingerprint density at radius 2 is 2.24 bits per heavy atom. The zero-order chi connectivity index (χ0) is 12.8. The maximum atomic E-state index is 11.8. The van der Waals surface area contributed by atoms with Crippen molar-refractivity contribution < 1.29 is 14.3 Å². The van der Waals surface area contributed by atoms with E-state index in [0.29, 0.717) is 11.7 Å². The van der Waals surface area contributed by atoms with Gasteiger partial charge in [-0.1, -0.05) is 27.2 Å². The van der Waals surface area contributed by atoms with Gasteiger partial charge in [-0.15, -0.1) is 0 Å². The van der Waals surface area contributed by atoms with Crippen molar-refractivity contribution >= 4 is 5.91 Å². The van der Waals surface area contributed by atoms with Gasteiger partial charge >= 0.3 is 0 Å². The van der Waals surface area contributed by atoms with E-state index in [0.717, 1.165) is 6.42 Å². The van der Waals surface area contributed by atoms with E-state index in [-0.39, 0.29) is 18.4 Å². The molecule has 4 nitrogen and oxygen atoms in total. The first-order valence-corrected chi connectivity index (χ1v) is 6.05. The molecule has 0 aliphatic rings. The zero-order valence-electron chi connectivity index (χ0n) is 10.6. The number of rotatable bonds is 6. The average molecular weight is 239 g/mol. The largest absolute Gasteiger partial charge is 0.467 e. The fraction of sp³-hybridized carbons (Fsp3) is 0.615. The molecule has 96 valence electrons.